The number of furan rings is 1. The molecule has 0 radical (unpaired) electrons. The summed E-state index contributed by atoms with van der Waals surface area (Å²) in [6, 6.07) is 9.61. The van der Waals surface area contributed by atoms with E-state index in [0.29, 0.717) is 29.1 Å². The van der Waals surface area contributed by atoms with Crippen LogP contribution in [-0.2, 0) is 5.75 Å². The van der Waals surface area contributed by atoms with Crippen molar-refractivity contribution in [3.63, 3.8) is 0 Å². The zero-order valence-corrected chi connectivity index (χ0v) is 17.9. The van der Waals surface area contributed by atoms with Gasteiger partial charge in [0, 0.05) is 59.7 Å². The number of benzene rings is 1. The lowest BCUT2D eigenvalue weighted by Gasteiger charge is -2.31. The van der Waals surface area contributed by atoms with Crippen LogP contribution in [0.25, 0.3) is 11.0 Å². The molecule has 0 saturated carbocycles. The average Bonchev–Trinajstić information content (AvgIpc) is 3.46. The van der Waals surface area contributed by atoms with Gasteiger partial charge >= 0.3 is 0 Å². The standard InChI is InChI=1S/C22H20N4O2S2/c27-21(26-11-3-5-15(13-26)20-23-10-12-29-20)19-17(14-30-22-24-8-4-9-25-22)16-6-1-2-7-18(16)28-19/h1-2,4,6-10,12,15H,3,5,11,13-14H2. The van der Waals surface area contributed by atoms with Crippen LogP contribution in [0, 0.1) is 0 Å². The topological polar surface area (TPSA) is 72.1 Å². The van der Waals surface area contributed by atoms with Crippen molar-refractivity contribution in [3.05, 3.63) is 70.6 Å². The van der Waals surface area contributed by atoms with Crippen molar-refractivity contribution in [2.45, 2.75) is 29.7 Å². The molecule has 1 aliphatic rings. The second kappa shape index (κ2) is 8.57. The maximum absolute atomic E-state index is 13.5. The van der Waals surface area contributed by atoms with E-state index in [1.54, 1.807) is 29.8 Å². The number of hydrogen-bond acceptors (Lipinski definition) is 7. The molecule has 3 aromatic heterocycles. The van der Waals surface area contributed by atoms with E-state index in [1.807, 2.05) is 40.7 Å². The van der Waals surface area contributed by atoms with Crippen molar-refractivity contribution in [1.29, 1.82) is 0 Å². The lowest BCUT2D eigenvalue weighted by atomic mass is 9.98. The molecule has 0 N–H and O–H groups in total. The highest BCUT2D eigenvalue weighted by atomic mass is 32.2. The van der Waals surface area contributed by atoms with Crippen LogP contribution in [0.1, 0.15) is 39.9 Å². The molecule has 1 atom stereocenters. The molecule has 0 aliphatic carbocycles. The zero-order valence-electron chi connectivity index (χ0n) is 16.2. The van der Waals surface area contributed by atoms with Crippen LogP contribution in [0.3, 0.4) is 0 Å². The largest absolute Gasteiger partial charge is 0.451 e. The number of carbonyl (C=O) groups excluding carboxylic acids is 1. The van der Waals surface area contributed by atoms with Gasteiger partial charge in [0.25, 0.3) is 5.91 Å². The van der Waals surface area contributed by atoms with Gasteiger partial charge < -0.3 is 9.32 Å². The highest BCUT2D eigenvalue weighted by molar-refractivity contribution is 7.98. The molecule has 4 aromatic rings. The van der Waals surface area contributed by atoms with Gasteiger partial charge in [0.2, 0.25) is 0 Å². The van der Waals surface area contributed by atoms with Crippen molar-refractivity contribution < 1.29 is 9.21 Å². The Bertz CT molecular complexity index is 1140. The van der Waals surface area contributed by atoms with E-state index < -0.39 is 0 Å². The van der Waals surface area contributed by atoms with E-state index in [-0.39, 0.29) is 5.91 Å². The Morgan fingerprint density at radius 3 is 2.87 bits per heavy atom. The molecule has 8 heteroatoms. The van der Waals surface area contributed by atoms with E-state index in [1.165, 1.54) is 11.8 Å². The summed E-state index contributed by atoms with van der Waals surface area (Å²) in [5, 5.41) is 4.76. The Morgan fingerprint density at radius 1 is 1.17 bits per heavy atom. The molecule has 5 rings (SSSR count). The Morgan fingerprint density at radius 2 is 2.03 bits per heavy atom. The monoisotopic (exact) mass is 436 g/mol. The summed E-state index contributed by atoms with van der Waals surface area (Å²) in [5.74, 6) is 1.25. The second-order valence-corrected chi connectivity index (χ2v) is 9.06. The fraction of sp³-hybridized carbons (Fsp3) is 0.273. The van der Waals surface area contributed by atoms with Crippen LogP contribution in [0.2, 0.25) is 0 Å². The molecule has 1 aliphatic heterocycles. The fourth-order valence-corrected chi connectivity index (χ4v) is 5.45. The van der Waals surface area contributed by atoms with Gasteiger partial charge in [0.15, 0.2) is 10.9 Å². The first-order valence-electron chi connectivity index (χ1n) is 9.88. The van der Waals surface area contributed by atoms with E-state index in [0.717, 1.165) is 40.9 Å². The van der Waals surface area contributed by atoms with Crippen LogP contribution in [0.15, 0.2) is 63.9 Å². The van der Waals surface area contributed by atoms with Crippen molar-refractivity contribution in [2.24, 2.45) is 0 Å². The van der Waals surface area contributed by atoms with Crippen LogP contribution in [-0.4, -0.2) is 38.8 Å². The number of amides is 1. The summed E-state index contributed by atoms with van der Waals surface area (Å²) < 4.78 is 6.07. The molecule has 1 amide bonds. The smallest absolute Gasteiger partial charge is 0.289 e. The van der Waals surface area contributed by atoms with Crippen molar-refractivity contribution in [2.75, 3.05) is 13.1 Å². The predicted octanol–water partition coefficient (Wildman–Crippen LogP) is 4.99. The summed E-state index contributed by atoms with van der Waals surface area (Å²) in [7, 11) is 0. The molecule has 4 heterocycles. The minimum atomic E-state index is -0.0444. The number of likely N-dealkylation sites (tertiary alicyclic amines) is 1. The molecule has 152 valence electrons. The summed E-state index contributed by atoms with van der Waals surface area (Å²) in [5.41, 5.74) is 1.64. The minimum absolute atomic E-state index is 0.0444. The summed E-state index contributed by atoms with van der Waals surface area (Å²) >= 11 is 3.17. The average molecular weight is 437 g/mol. The Kier molecular flexibility index (Phi) is 5.50. The highest BCUT2D eigenvalue weighted by Crippen LogP contribution is 2.34. The number of thioether (sulfide) groups is 1. The number of piperidine rings is 1. The van der Waals surface area contributed by atoms with Gasteiger partial charge in [-0.05, 0) is 25.0 Å². The maximum atomic E-state index is 13.5. The Hall–Kier alpha value is -2.71. The van der Waals surface area contributed by atoms with Gasteiger partial charge in [-0.15, -0.1) is 11.3 Å². The second-order valence-electron chi connectivity index (χ2n) is 7.19. The number of thiazole rings is 1. The minimum Gasteiger partial charge on any atom is -0.451 e. The van der Waals surface area contributed by atoms with E-state index in [9.17, 15) is 4.79 Å². The van der Waals surface area contributed by atoms with E-state index in [2.05, 4.69) is 15.0 Å². The van der Waals surface area contributed by atoms with Crippen molar-refractivity contribution >= 4 is 40.0 Å². The molecule has 30 heavy (non-hydrogen) atoms. The van der Waals surface area contributed by atoms with Gasteiger partial charge in [-0.3, -0.25) is 4.79 Å². The first kappa shape index (κ1) is 19.3. The van der Waals surface area contributed by atoms with Gasteiger partial charge in [0.05, 0.1) is 5.01 Å². The normalized spacial score (nSPS) is 16.8. The van der Waals surface area contributed by atoms with E-state index in [4.69, 9.17) is 4.42 Å². The van der Waals surface area contributed by atoms with Gasteiger partial charge in [-0.2, -0.15) is 0 Å². The van der Waals surface area contributed by atoms with Crippen LogP contribution in [0.4, 0.5) is 0 Å². The van der Waals surface area contributed by atoms with Crippen LogP contribution >= 0.6 is 23.1 Å². The number of aromatic nitrogens is 3. The Balaban J connectivity index is 1.43. The van der Waals surface area contributed by atoms with E-state index >= 15 is 0 Å². The third-order valence-electron chi connectivity index (χ3n) is 5.29. The lowest BCUT2D eigenvalue weighted by molar-refractivity contribution is 0.0676. The summed E-state index contributed by atoms with van der Waals surface area (Å²) in [4.78, 5) is 28.4. The zero-order chi connectivity index (χ0) is 20.3. The molecule has 1 saturated heterocycles. The summed E-state index contributed by atoms with van der Waals surface area (Å²) in [6.45, 7) is 1.42. The molecule has 1 aromatic carbocycles. The third kappa shape index (κ3) is 3.85. The number of para-hydroxylation sites is 1. The molecule has 1 fully saturated rings. The predicted molar refractivity (Wildman–Crippen MR) is 118 cm³/mol. The molecular weight excluding hydrogens is 416 g/mol. The maximum Gasteiger partial charge on any atom is 0.289 e. The number of nitrogens with zero attached hydrogens (tertiary/aromatic N) is 4. The molecule has 6 nitrogen and oxygen atoms in total. The quantitative estimate of drug-likeness (QED) is 0.324. The molecule has 1 unspecified atom stereocenters. The van der Waals surface area contributed by atoms with Gasteiger partial charge in [0.1, 0.15) is 5.58 Å². The first-order chi connectivity index (χ1) is 14.8. The SMILES string of the molecule is O=C(c1oc2ccccc2c1CSc1ncccn1)N1CCCC(c2nccs2)C1. The fourth-order valence-electron chi connectivity index (χ4n) is 3.85. The van der Waals surface area contributed by atoms with Crippen molar-refractivity contribution in [3.8, 4) is 0 Å². The summed E-state index contributed by atoms with van der Waals surface area (Å²) in [6.07, 6.45) is 7.31. The first-order valence-corrected chi connectivity index (χ1v) is 11.7. The lowest BCUT2D eigenvalue weighted by Crippen LogP contribution is -2.39. The Labute approximate surface area is 182 Å². The molecule has 0 bridgehead atoms. The van der Waals surface area contributed by atoms with Gasteiger partial charge in [-0.25, -0.2) is 15.0 Å². The number of rotatable bonds is 5. The number of fused-ring (bicyclic) bond motifs is 1. The number of carbonyl (C=O) groups is 1. The van der Waals surface area contributed by atoms with Gasteiger partial charge in [-0.1, -0.05) is 30.0 Å². The molecule has 0 spiro atoms. The van der Waals surface area contributed by atoms with Crippen molar-refractivity contribution in [1.82, 2.24) is 19.9 Å². The number of hydrogen-bond donors (Lipinski definition) is 0. The van der Waals surface area contributed by atoms with Crippen LogP contribution in [0.5, 0.6) is 0 Å². The molecular formula is C22H20N4O2S2. The van der Waals surface area contributed by atoms with Crippen LogP contribution < -0.4 is 0 Å². The third-order valence-corrected chi connectivity index (χ3v) is 7.13. The highest BCUT2D eigenvalue weighted by Gasteiger charge is 2.30.